The lowest BCUT2D eigenvalue weighted by Gasteiger charge is -2.32. The van der Waals surface area contributed by atoms with Crippen LogP contribution in [0.2, 0.25) is 0 Å². The van der Waals surface area contributed by atoms with Crippen molar-refractivity contribution in [3.8, 4) is 0 Å². The van der Waals surface area contributed by atoms with Crippen molar-refractivity contribution in [3.05, 3.63) is 107 Å². The minimum atomic E-state index is -1.63. The van der Waals surface area contributed by atoms with Crippen molar-refractivity contribution in [2.75, 3.05) is 6.61 Å². The van der Waals surface area contributed by atoms with E-state index < -0.39 is 17.3 Å². The Balaban J connectivity index is 1.73. The number of carbonyl (C=O) groups is 2. The molecule has 1 saturated heterocycles. The van der Waals surface area contributed by atoms with Crippen LogP contribution in [-0.2, 0) is 15.3 Å². The van der Waals surface area contributed by atoms with Gasteiger partial charge >= 0.3 is 0 Å². The summed E-state index contributed by atoms with van der Waals surface area (Å²) in [5.74, 6) is -2.20. The maximum Gasteiger partial charge on any atom is 0.204 e. The molecule has 1 fully saturated rings. The SMILES string of the molecule is CCOC1(c2ccccc2)CC(c2ccccc2)C2(O1)C(=O)c1ccccc1C2=O. The lowest BCUT2D eigenvalue weighted by atomic mass is 9.77. The summed E-state index contributed by atoms with van der Waals surface area (Å²) in [4.78, 5) is 27.5. The molecular formula is C26H22O4. The summed E-state index contributed by atoms with van der Waals surface area (Å²) >= 11 is 0. The Kier molecular flexibility index (Phi) is 4.42. The average molecular weight is 398 g/mol. The van der Waals surface area contributed by atoms with Crippen LogP contribution in [0.4, 0.5) is 0 Å². The lowest BCUT2D eigenvalue weighted by Crippen LogP contribution is -2.47. The molecule has 3 aromatic carbocycles. The number of hydrogen-bond donors (Lipinski definition) is 0. The maximum atomic E-state index is 13.7. The highest BCUT2D eigenvalue weighted by atomic mass is 16.7. The summed E-state index contributed by atoms with van der Waals surface area (Å²) in [6.07, 6.45) is 0.375. The van der Waals surface area contributed by atoms with Gasteiger partial charge in [0.05, 0.1) is 0 Å². The number of fused-ring (bicyclic) bond motifs is 1. The normalized spacial score (nSPS) is 24.4. The number of rotatable bonds is 4. The van der Waals surface area contributed by atoms with Crippen LogP contribution in [0.5, 0.6) is 0 Å². The molecule has 4 heteroatoms. The number of ether oxygens (including phenoxy) is 2. The van der Waals surface area contributed by atoms with Gasteiger partial charge in [0.25, 0.3) is 0 Å². The first-order chi connectivity index (χ1) is 14.6. The quantitative estimate of drug-likeness (QED) is 0.587. The van der Waals surface area contributed by atoms with Crippen molar-refractivity contribution in [3.63, 3.8) is 0 Å². The van der Waals surface area contributed by atoms with Gasteiger partial charge in [-0.05, 0) is 12.5 Å². The van der Waals surface area contributed by atoms with Crippen LogP contribution in [0.15, 0.2) is 84.9 Å². The van der Waals surface area contributed by atoms with Crippen molar-refractivity contribution in [2.24, 2.45) is 0 Å². The zero-order valence-corrected chi connectivity index (χ0v) is 16.7. The molecule has 1 heterocycles. The highest BCUT2D eigenvalue weighted by molar-refractivity contribution is 6.33. The maximum absolute atomic E-state index is 13.7. The van der Waals surface area contributed by atoms with Crippen LogP contribution in [-0.4, -0.2) is 23.8 Å². The topological polar surface area (TPSA) is 52.6 Å². The molecule has 0 bridgehead atoms. The molecule has 5 rings (SSSR count). The Morgan fingerprint density at radius 3 is 1.93 bits per heavy atom. The third-order valence-corrected chi connectivity index (χ3v) is 6.17. The van der Waals surface area contributed by atoms with Crippen molar-refractivity contribution in [1.82, 2.24) is 0 Å². The van der Waals surface area contributed by atoms with Gasteiger partial charge in [0.1, 0.15) is 0 Å². The second-order valence-electron chi connectivity index (χ2n) is 7.76. The first-order valence-electron chi connectivity index (χ1n) is 10.3. The van der Waals surface area contributed by atoms with Gasteiger partial charge in [0, 0.05) is 35.6 Å². The van der Waals surface area contributed by atoms with E-state index in [-0.39, 0.29) is 11.6 Å². The van der Waals surface area contributed by atoms with E-state index in [0.717, 1.165) is 11.1 Å². The molecule has 0 saturated carbocycles. The van der Waals surface area contributed by atoms with Gasteiger partial charge in [-0.2, -0.15) is 0 Å². The summed E-state index contributed by atoms with van der Waals surface area (Å²) in [7, 11) is 0. The van der Waals surface area contributed by atoms with Crippen molar-refractivity contribution < 1.29 is 19.1 Å². The number of ketones is 2. The number of carbonyl (C=O) groups excluding carboxylic acids is 2. The van der Waals surface area contributed by atoms with Crippen molar-refractivity contribution in [1.29, 1.82) is 0 Å². The Morgan fingerprint density at radius 2 is 1.37 bits per heavy atom. The van der Waals surface area contributed by atoms with Crippen LogP contribution >= 0.6 is 0 Å². The van der Waals surface area contributed by atoms with Crippen molar-refractivity contribution in [2.45, 2.75) is 30.7 Å². The zero-order valence-electron chi connectivity index (χ0n) is 16.7. The molecule has 30 heavy (non-hydrogen) atoms. The van der Waals surface area contributed by atoms with E-state index in [9.17, 15) is 9.59 Å². The van der Waals surface area contributed by atoms with Gasteiger partial charge in [-0.15, -0.1) is 0 Å². The molecule has 3 aromatic rings. The molecule has 2 aliphatic rings. The van der Waals surface area contributed by atoms with Gasteiger partial charge in [-0.3, -0.25) is 9.59 Å². The molecule has 4 nitrogen and oxygen atoms in total. The van der Waals surface area contributed by atoms with E-state index in [1.807, 2.05) is 67.6 Å². The Bertz CT molecular complexity index is 1070. The number of benzene rings is 3. The van der Waals surface area contributed by atoms with E-state index in [4.69, 9.17) is 9.47 Å². The largest absolute Gasteiger partial charge is 0.346 e. The van der Waals surface area contributed by atoms with Crippen LogP contribution in [0.1, 0.15) is 51.1 Å². The van der Waals surface area contributed by atoms with Crippen molar-refractivity contribution >= 4 is 11.6 Å². The summed E-state index contributed by atoms with van der Waals surface area (Å²) in [5, 5.41) is 0. The van der Waals surface area contributed by atoms with Gasteiger partial charge < -0.3 is 9.47 Å². The van der Waals surface area contributed by atoms with Gasteiger partial charge in [0.15, 0.2) is 5.79 Å². The van der Waals surface area contributed by atoms with Gasteiger partial charge in [0.2, 0.25) is 17.2 Å². The highest BCUT2D eigenvalue weighted by Gasteiger charge is 2.68. The molecule has 150 valence electrons. The van der Waals surface area contributed by atoms with Gasteiger partial charge in [-0.1, -0.05) is 84.9 Å². The van der Waals surface area contributed by atoms with Crippen LogP contribution in [0.3, 0.4) is 0 Å². The molecular weight excluding hydrogens is 376 g/mol. The molecule has 1 aliphatic carbocycles. The zero-order chi connectivity index (χ0) is 20.8. The molecule has 1 aliphatic heterocycles. The summed E-state index contributed by atoms with van der Waals surface area (Å²) in [5.41, 5.74) is 0.911. The molecule has 2 atom stereocenters. The molecule has 2 unspecified atom stereocenters. The molecule has 0 N–H and O–H groups in total. The minimum absolute atomic E-state index is 0.283. The van der Waals surface area contributed by atoms with Crippen LogP contribution in [0.25, 0.3) is 0 Å². The predicted molar refractivity (Wildman–Crippen MR) is 112 cm³/mol. The van der Waals surface area contributed by atoms with Crippen LogP contribution in [0, 0.1) is 0 Å². The smallest absolute Gasteiger partial charge is 0.204 e. The summed E-state index contributed by atoms with van der Waals surface area (Å²) in [6, 6.07) is 26.2. The standard InChI is InChI=1S/C26H22O4/c1-2-29-25(19-13-7-4-8-14-19)17-22(18-11-5-3-6-12-18)26(30-25)23(27)20-15-9-10-16-21(20)24(26)28/h3-16,22H,2,17H2,1H3. The van der Waals surface area contributed by atoms with E-state index in [1.54, 1.807) is 24.3 Å². The van der Waals surface area contributed by atoms with E-state index in [0.29, 0.717) is 24.2 Å². The monoisotopic (exact) mass is 398 g/mol. The molecule has 1 spiro atoms. The first kappa shape index (κ1) is 18.9. The Hall–Kier alpha value is -3.08. The van der Waals surface area contributed by atoms with E-state index in [1.165, 1.54) is 0 Å². The fraction of sp³-hybridized carbons (Fsp3) is 0.231. The third kappa shape index (κ3) is 2.54. The minimum Gasteiger partial charge on any atom is -0.346 e. The fourth-order valence-electron chi connectivity index (χ4n) is 4.89. The Morgan fingerprint density at radius 1 is 0.833 bits per heavy atom. The number of hydrogen-bond acceptors (Lipinski definition) is 4. The third-order valence-electron chi connectivity index (χ3n) is 6.17. The highest BCUT2D eigenvalue weighted by Crippen LogP contribution is 2.57. The van der Waals surface area contributed by atoms with E-state index >= 15 is 0 Å². The average Bonchev–Trinajstić information content (AvgIpc) is 3.26. The predicted octanol–water partition coefficient (Wildman–Crippen LogP) is 4.90. The first-order valence-corrected chi connectivity index (χ1v) is 10.3. The van der Waals surface area contributed by atoms with Gasteiger partial charge in [-0.25, -0.2) is 0 Å². The summed E-state index contributed by atoms with van der Waals surface area (Å²) in [6.45, 7) is 2.28. The Labute approximate surface area is 175 Å². The molecule has 0 aromatic heterocycles. The molecule has 0 radical (unpaired) electrons. The van der Waals surface area contributed by atoms with Crippen LogP contribution < -0.4 is 0 Å². The van der Waals surface area contributed by atoms with E-state index in [2.05, 4.69) is 0 Å². The fourth-order valence-corrected chi connectivity index (χ4v) is 4.89. The lowest BCUT2D eigenvalue weighted by molar-refractivity contribution is -0.238. The second-order valence-corrected chi connectivity index (χ2v) is 7.76. The molecule has 0 amide bonds. The second kappa shape index (κ2) is 7.01. The summed E-state index contributed by atoms with van der Waals surface area (Å²) < 4.78 is 12.8. The number of Topliss-reactive ketones (excluding diaryl/α,β-unsaturated/α-hetero) is 2.